The van der Waals surface area contributed by atoms with Crippen molar-refractivity contribution < 1.29 is 9.47 Å². The first-order chi connectivity index (χ1) is 6.25. The van der Waals surface area contributed by atoms with Gasteiger partial charge >= 0.3 is 0 Å². The van der Waals surface area contributed by atoms with Gasteiger partial charge in [-0.15, -0.1) is 0 Å². The van der Waals surface area contributed by atoms with E-state index in [1.165, 1.54) is 0 Å². The van der Waals surface area contributed by atoms with Gasteiger partial charge < -0.3 is 9.47 Å². The Hall–Kier alpha value is -0.590. The standard InChI is InChI=1S/C10H17NO2/c1-8-4-7-12-9(2)10(8)13-6-3-5-11/h8-10H,3-4,6-7H2,1-2H3/t8-,9-,10+/m0/s1. The van der Waals surface area contributed by atoms with Crippen LogP contribution in [0.3, 0.4) is 0 Å². The van der Waals surface area contributed by atoms with Gasteiger partial charge in [0.2, 0.25) is 0 Å². The van der Waals surface area contributed by atoms with Gasteiger partial charge in [-0.2, -0.15) is 5.26 Å². The fraction of sp³-hybridized carbons (Fsp3) is 0.900. The van der Waals surface area contributed by atoms with E-state index in [4.69, 9.17) is 14.7 Å². The van der Waals surface area contributed by atoms with E-state index >= 15 is 0 Å². The van der Waals surface area contributed by atoms with Crippen LogP contribution >= 0.6 is 0 Å². The van der Waals surface area contributed by atoms with Gasteiger partial charge in [0.25, 0.3) is 0 Å². The molecule has 13 heavy (non-hydrogen) atoms. The molecule has 1 heterocycles. The Bertz CT molecular complexity index is 178. The van der Waals surface area contributed by atoms with Gasteiger partial charge in [-0.3, -0.25) is 0 Å². The topological polar surface area (TPSA) is 42.2 Å². The number of rotatable bonds is 3. The van der Waals surface area contributed by atoms with Crippen molar-refractivity contribution in [2.75, 3.05) is 13.2 Å². The van der Waals surface area contributed by atoms with Crippen molar-refractivity contribution in [2.24, 2.45) is 5.92 Å². The first-order valence-corrected chi connectivity index (χ1v) is 4.86. The molecule has 74 valence electrons. The molecule has 0 radical (unpaired) electrons. The molecule has 3 nitrogen and oxygen atoms in total. The van der Waals surface area contributed by atoms with E-state index < -0.39 is 0 Å². The second-order valence-electron chi connectivity index (χ2n) is 3.59. The molecule has 1 aliphatic heterocycles. The molecule has 0 spiro atoms. The highest BCUT2D eigenvalue weighted by atomic mass is 16.5. The van der Waals surface area contributed by atoms with Crippen LogP contribution in [0.5, 0.6) is 0 Å². The molecule has 3 atom stereocenters. The molecular weight excluding hydrogens is 166 g/mol. The lowest BCUT2D eigenvalue weighted by atomic mass is 9.95. The minimum atomic E-state index is 0.169. The maximum Gasteiger partial charge on any atom is 0.0860 e. The van der Waals surface area contributed by atoms with Crippen LogP contribution in [-0.4, -0.2) is 25.4 Å². The van der Waals surface area contributed by atoms with Crippen LogP contribution in [0.25, 0.3) is 0 Å². The monoisotopic (exact) mass is 183 g/mol. The predicted octanol–water partition coefficient (Wildman–Crippen LogP) is 1.73. The highest BCUT2D eigenvalue weighted by Gasteiger charge is 2.28. The molecule has 0 saturated carbocycles. The summed E-state index contributed by atoms with van der Waals surface area (Å²) in [6.45, 7) is 5.57. The van der Waals surface area contributed by atoms with E-state index in [1.807, 2.05) is 6.92 Å². The molecule has 0 aromatic rings. The highest BCUT2D eigenvalue weighted by Crippen LogP contribution is 2.22. The summed E-state index contributed by atoms with van der Waals surface area (Å²) in [6, 6.07) is 2.07. The number of ether oxygens (including phenoxy) is 2. The summed E-state index contributed by atoms with van der Waals surface area (Å²) in [5.41, 5.74) is 0. The van der Waals surface area contributed by atoms with Gasteiger partial charge in [-0.05, 0) is 19.3 Å². The number of nitrogens with zero attached hydrogens (tertiary/aromatic N) is 1. The fourth-order valence-electron chi connectivity index (χ4n) is 1.70. The van der Waals surface area contributed by atoms with Crippen LogP contribution < -0.4 is 0 Å². The van der Waals surface area contributed by atoms with Crippen LogP contribution in [-0.2, 0) is 9.47 Å². The summed E-state index contributed by atoms with van der Waals surface area (Å²) in [7, 11) is 0. The van der Waals surface area contributed by atoms with E-state index in [0.29, 0.717) is 18.9 Å². The number of hydrogen-bond donors (Lipinski definition) is 0. The number of nitriles is 1. The molecular formula is C10H17NO2. The van der Waals surface area contributed by atoms with E-state index in [0.717, 1.165) is 13.0 Å². The summed E-state index contributed by atoms with van der Waals surface area (Å²) in [5, 5.41) is 8.37. The second-order valence-corrected chi connectivity index (χ2v) is 3.59. The molecule has 0 unspecified atom stereocenters. The highest BCUT2D eigenvalue weighted by molar-refractivity contribution is 4.78. The Balaban J connectivity index is 2.31. The molecule has 1 fully saturated rings. The molecule has 0 aromatic carbocycles. The second kappa shape index (κ2) is 5.21. The largest absolute Gasteiger partial charge is 0.376 e. The zero-order valence-electron chi connectivity index (χ0n) is 8.32. The van der Waals surface area contributed by atoms with Crippen molar-refractivity contribution >= 4 is 0 Å². The summed E-state index contributed by atoms with van der Waals surface area (Å²) >= 11 is 0. The van der Waals surface area contributed by atoms with Gasteiger partial charge in [0.05, 0.1) is 31.3 Å². The van der Waals surface area contributed by atoms with Crippen LogP contribution in [0, 0.1) is 17.2 Å². The first-order valence-electron chi connectivity index (χ1n) is 4.86. The van der Waals surface area contributed by atoms with E-state index in [1.54, 1.807) is 0 Å². The van der Waals surface area contributed by atoms with Gasteiger partial charge in [0.15, 0.2) is 0 Å². The first kappa shape index (κ1) is 10.5. The molecule has 3 heteroatoms. The normalized spacial score (nSPS) is 34.1. The van der Waals surface area contributed by atoms with Crippen molar-refractivity contribution in [3.05, 3.63) is 0 Å². The molecule has 1 saturated heterocycles. The Morgan fingerprint density at radius 2 is 2.31 bits per heavy atom. The summed E-state index contributed by atoms with van der Waals surface area (Å²) in [6.07, 6.45) is 1.86. The third-order valence-corrected chi connectivity index (χ3v) is 2.50. The van der Waals surface area contributed by atoms with Gasteiger partial charge in [-0.1, -0.05) is 6.92 Å². The molecule has 0 amide bonds. The predicted molar refractivity (Wildman–Crippen MR) is 49.2 cm³/mol. The van der Waals surface area contributed by atoms with Crippen molar-refractivity contribution in [3.63, 3.8) is 0 Å². The lowest BCUT2D eigenvalue weighted by Gasteiger charge is -2.34. The van der Waals surface area contributed by atoms with E-state index in [2.05, 4.69) is 13.0 Å². The van der Waals surface area contributed by atoms with Crippen molar-refractivity contribution in [2.45, 2.75) is 38.9 Å². The van der Waals surface area contributed by atoms with Crippen LogP contribution in [0.15, 0.2) is 0 Å². The third-order valence-electron chi connectivity index (χ3n) is 2.50. The molecule has 1 aliphatic rings. The smallest absolute Gasteiger partial charge is 0.0860 e. The summed E-state index contributed by atoms with van der Waals surface area (Å²) in [4.78, 5) is 0. The zero-order chi connectivity index (χ0) is 9.68. The lowest BCUT2D eigenvalue weighted by Crippen LogP contribution is -2.40. The quantitative estimate of drug-likeness (QED) is 0.626. The molecule has 0 N–H and O–H groups in total. The fourth-order valence-corrected chi connectivity index (χ4v) is 1.70. The minimum absolute atomic E-state index is 0.169. The van der Waals surface area contributed by atoms with E-state index in [9.17, 15) is 0 Å². The van der Waals surface area contributed by atoms with Crippen molar-refractivity contribution in [1.29, 1.82) is 5.26 Å². The summed E-state index contributed by atoms with van der Waals surface area (Å²) in [5.74, 6) is 0.544. The Labute approximate surface area is 79.6 Å². The average Bonchev–Trinajstić information content (AvgIpc) is 2.10. The van der Waals surface area contributed by atoms with Crippen molar-refractivity contribution in [3.8, 4) is 6.07 Å². The van der Waals surface area contributed by atoms with Gasteiger partial charge in [-0.25, -0.2) is 0 Å². The SMILES string of the molecule is C[C@@H]1OCC[C@H](C)[C@H]1OCCC#N. The minimum Gasteiger partial charge on any atom is -0.376 e. The zero-order valence-corrected chi connectivity index (χ0v) is 8.32. The Kier molecular flexibility index (Phi) is 4.20. The molecule has 0 aliphatic carbocycles. The molecule has 0 bridgehead atoms. The van der Waals surface area contributed by atoms with Gasteiger partial charge in [0.1, 0.15) is 0 Å². The van der Waals surface area contributed by atoms with Crippen LogP contribution in [0.1, 0.15) is 26.7 Å². The Morgan fingerprint density at radius 3 is 2.92 bits per heavy atom. The van der Waals surface area contributed by atoms with Crippen LogP contribution in [0.4, 0.5) is 0 Å². The van der Waals surface area contributed by atoms with Crippen molar-refractivity contribution in [1.82, 2.24) is 0 Å². The molecule has 1 rings (SSSR count). The molecule has 0 aromatic heterocycles. The van der Waals surface area contributed by atoms with Crippen LogP contribution in [0.2, 0.25) is 0 Å². The lowest BCUT2D eigenvalue weighted by molar-refractivity contribution is -0.122. The number of hydrogen-bond acceptors (Lipinski definition) is 3. The third kappa shape index (κ3) is 2.98. The van der Waals surface area contributed by atoms with Gasteiger partial charge in [0, 0.05) is 6.61 Å². The maximum absolute atomic E-state index is 8.37. The van der Waals surface area contributed by atoms with E-state index in [-0.39, 0.29) is 12.2 Å². The maximum atomic E-state index is 8.37. The summed E-state index contributed by atoms with van der Waals surface area (Å²) < 4.78 is 11.1. The Morgan fingerprint density at radius 1 is 1.54 bits per heavy atom. The average molecular weight is 183 g/mol.